The first-order chi connectivity index (χ1) is 14.4. The average molecular weight is 407 g/mol. The summed E-state index contributed by atoms with van der Waals surface area (Å²) >= 11 is 0. The van der Waals surface area contributed by atoms with Crippen molar-refractivity contribution in [3.05, 3.63) is 47.5 Å². The summed E-state index contributed by atoms with van der Waals surface area (Å²) in [6, 6.07) is 10.6. The Kier molecular flexibility index (Phi) is 5.21. The Hall–Kier alpha value is -1.41. The molecule has 162 valence electrons. The van der Waals surface area contributed by atoms with Crippen LogP contribution in [0, 0.1) is 34.5 Å². The van der Waals surface area contributed by atoms with E-state index in [1.54, 1.807) is 5.57 Å². The van der Waals surface area contributed by atoms with E-state index in [2.05, 4.69) is 50.3 Å². The molecule has 0 aromatic heterocycles. The number of carbonyl (C=O) groups excluding carboxylic acids is 1. The number of hydrogen-bond donors (Lipinski definition) is 0. The van der Waals surface area contributed by atoms with Gasteiger partial charge in [-0.15, -0.1) is 0 Å². The molecule has 0 spiro atoms. The maximum Gasteiger partial charge on any atom is 0.133 e. The standard InChI is InChI=1S/C28H38O2/c1-19(29)24-11-12-25-23-10-9-21-17-22(30-18-20-7-5-4-6-8-20)13-15-27(21,2)26(23)14-16-28(24,25)3/h4-9,22-26H,10-18H2,1-3H3/t22-,23?,24+,25?,26?,27-,28+/m0/s1. The van der Waals surface area contributed by atoms with Crippen molar-refractivity contribution in [2.75, 3.05) is 0 Å². The van der Waals surface area contributed by atoms with Gasteiger partial charge in [-0.1, -0.05) is 55.8 Å². The second-order valence-electron chi connectivity index (χ2n) is 11.2. The third-order valence-electron chi connectivity index (χ3n) is 9.88. The van der Waals surface area contributed by atoms with Crippen LogP contribution in [0.3, 0.4) is 0 Å². The van der Waals surface area contributed by atoms with Crippen LogP contribution in [-0.4, -0.2) is 11.9 Å². The number of carbonyl (C=O) groups is 1. The van der Waals surface area contributed by atoms with Crippen molar-refractivity contribution in [3.63, 3.8) is 0 Å². The monoisotopic (exact) mass is 406 g/mol. The van der Waals surface area contributed by atoms with Gasteiger partial charge in [-0.05, 0) is 92.4 Å². The normalized spacial score (nSPS) is 42.6. The highest BCUT2D eigenvalue weighted by Gasteiger charge is 2.59. The summed E-state index contributed by atoms with van der Waals surface area (Å²) in [4.78, 5) is 12.3. The number of rotatable bonds is 4. The molecule has 5 rings (SSSR count). The number of ketones is 1. The molecule has 3 unspecified atom stereocenters. The second kappa shape index (κ2) is 7.62. The predicted octanol–water partition coefficient (Wildman–Crippen LogP) is 6.74. The maximum atomic E-state index is 12.3. The Bertz CT molecular complexity index is 826. The Balaban J connectivity index is 1.30. The van der Waals surface area contributed by atoms with Gasteiger partial charge in [0.05, 0.1) is 12.7 Å². The van der Waals surface area contributed by atoms with Crippen LogP contribution in [0.25, 0.3) is 0 Å². The first kappa shape index (κ1) is 20.5. The lowest BCUT2D eigenvalue weighted by Crippen LogP contribution is -2.51. The van der Waals surface area contributed by atoms with Gasteiger partial charge in [0.2, 0.25) is 0 Å². The fourth-order valence-corrected chi connectivity index (χ4v) is 8.23. The molecule has 7 atom stereocenters. The van der Waals surface area contributed by atoms with Gasteiger partial charge >= 0.3 is 0 Å². The van der Waals surface area contributed by atoms with E-state index in [1.807, 2.05) is 6.92 Å². The smallest absolute Gasteiger partial charge is 0.133 e. The van der Waals surface area contributed by atoms with Crippen molar-refractivity contribution in [2.45, 2.75) is 84.8 Å². The third-order valence-corrected chi connectivity index (χ3v) is 9.88. The fraction of sp³-hybridized carbons (Fsp3) is 0.679. The minimum absolute atomic E-state index is 0.255. The first-order valence-corrected chi connectivity index (χ1v) is 12.3. The zero-order valence-electron chi connectivity index (χ0n) is 19.0. The summed E-state index contributed by atoms with van der Waals surface area (Å²) in [6.07, 6.45) is 12.7. The number of allylic oxidation sites excluding steroid dienone is 1. The fourth-order valence-electron chi connectivity index (χ4n) is 8.23. The summed E-state index contributed by atoms with van der Waals surface area (Å²) in [6.45, 7) is 7.57. The van der Waals surface area contributed by atoms with Crippen LogP contribution in [0.4, 0.5) is 0 Å². The highest BCUT2D eigenvalue weighted by Crippen LogP contribution is 2.66. The zero-order chi connectivity index (χ0) is 20.9. The van der Waals surface area contributed by atoms with Gasteiger partial charge in [0.15, 0.2) is 0 Å². The number of ether oxygens (including phenoxy) is 1. The quantitative estimate of drug-likeness (QED) is 0.518. The SMILES string of the molecule is CC(=O)[C@H]1CCC2C3CC=C4C[C@@H](OCc5ccccc5)CC[C@]4(C)C3CC[C@@]21C. The lowest BCUT2D eigenvalue weighted by Gasteiger charge is -2.58. The molecule has 2 nitrogen and oxygen atoms in total. The van der Waals surface area contributed by atoms with E-state index < -0.39 is 0 Å². The van der Waals surface area contributed by atoms with Gasteiger partial charge in [-0.2, -0.15) is 0 Å². The first-order valence-electron chi connectivity index (χ1n) is 12.3. The summed E-state index contributed by atoms with van der Waals surface area (Å²) < 4.78 is 6.35. The molecule has 0 N–H and O–H groups in total. The van der Waals surface area contributed by atoms with Crippen LogP contribution >= 0.6 is 0 Å². The maximum absolute atomic E-state index is 12.3. The Morgan fingerprint density at radius 2 is 1.83 bits per heavy atom. The molecule has 1 aromatic carbocycles. The molecule has 3 fully saturated rings. The Labute approximate surface area is 182 Å². The van der Waals surface area contributed by atoms with Crippen LogP contribution in [0.1, 0.15) is 77.7 Å². The van der Waals surface area contributed by atoms with Crippen molar-refractivity contribution in [1.82, 2.24) is 0 Å². The minimum Gasteiger partial charge on any atom is -0.373 e. The van der Waals surface area contributed by atoms with Crippen molar-refractivity contribution in [1.29, 1.82) is 0 Å². The topological polar surface area (TPSA) is 26.3 Å². The molecule has 4 aliphatic carbocycles. The second-order valence-corrected chi connectivity index (χ2v) is 11.2. The molecule has 0 radical (unpaired) electrons. The van der Waals surface area contributed by atoms with Gasteiger partial charge in [-0.3, -0.25) is 4.79 Å². The van der Waals surface area contributed by atoms with Crippen molar-refractivity contribution in [2.24, 2.45) is 34.5 Å². The molecule has 4 aliphatic rings. The molecule has 0 heterocycles. The summed E-state index contributed by atoms with van der Waals surface area (Å²) in [5.74, 6) is 3.07. The predicted molar refractivity (Wildman–Crippen MR) is 121 cm³/mol. The summed E-state index contributed by atoms with van der Waals surface area (Å²) in [7, 11) is 0. The van der Waals surface area contributed by atoms with Crippen LogP contribution in [-0.2, 0) is 16.1 Å². The number of fused-ring (bicyclic) bond motifs is 5. The van der Waals surface area contributed by atoms with Crippen molar-refractivity contribution < 1.29 is 9.53 Å². The van der Waals surface area contributed by atoms with E-state index in [9.17, 15) is 4.79 Å². The molecule has 3 saturated carbocycles. The van der Waals surface area contributed by atoms with Crippen molar-refractivity contribution in [3.8, 4) is 0 Å². The van der Waals surface area contributed by atoms with E-state index >= 15 is 0 Å². The van der Waals surface area contributed by atoms with E-state index in [0.717, 1.165) is 37.2 Å². The van der Waals surface area contributed by atoms with Crippen LogP contribution in [0.2, 0.25) is 0 Å². The highest BCUT2D eigenvalue weighted by molar-refractivity contribution is 5.79. The molecule has 2 heteroatoms. The summed E-state index contributed by atoms with van der Waals surface area (Å²) in [5.41, 5.74) is 3.56. The molecular weight excluding hydrogens is 368 g/mol. The Morgan fingerprint density at radius 1 is 1.03 bits per heavy atom. The third kappa shape index (κ3) is 3.22. The largest absolute Gasteiger partial charge is 0.373 e. The van der Waals surface area contributed by atoms with Gasteiger partial charge < -0.3 is 4.74 Å². The van der Waals surface area contributed by atoms with E-state index in [0.29, 0.717) is 23.2 Å². The van der Waals surface area contributed by atoms with E-state index in [4.69, 9.17) is 4.74 Å². The van der Waals surface area contributed by atoms with Crippen LogP contribution in [0.5, 0.6) is 0 Å². The van der Waals surface area contributed by atoms with E-state index in [-0.39, 0.29) is 5.41 Å². The molecular formula is C28H38O2. The summed E-state index contributed by atoms with van der Waals surface area (Å²) in [5, 5.41) is 0. The molecule has 0 bridgehead atoms. The molecule has 30 heavy (non-hydrogen) atoms. The molecule has 0 aliphatic heterocycles. The van der Waals surface area contributed by atoms with Gasteiger partial charge in [0.1, 0.15) is 5.78 Å². The zero-order valence-corrected chi connectivity index (χ0v) is 19.0. The molecule has 1 aromatic rings. The number of Topliss-reactive ketones (excluding diaryl/α,β-unsaturated/α-hetero) is 1. The van der Waals surface area contributed by atoms with E-state index in [1.165, 1.54) is 44.1 Å². The van der Waals surface area contributed by atoms with Gasteiger partial charge in [-0.25, -0.2) is 0 Å². The lowest BCUT2D eigenvalue weighted by atomic mass is 9.47. The molecule has 0 amide bonds. The lowest BCUT2D eigenvalue weighted by molar-refractivity contribution is -0.127. The highest BCUT2D eigenvalue weighted by atomic mass is 16.5. The van der Waals surface area contributed by atoms with Crippen LogP contribution in [0.15, 0.2) is 42.0 Å². The van der Waals surface area contributed by atoms with Crippen LogP contribution < -0.4 is 0 Å². The number of benzene rings is 1. The molecule has 0 saturated heterocycles. The Morgan fingerprint density at radius 3 is 2.60 bits per heavy atom. The van der Waals surface area contributed by atoms with Gasteiger partial charge in [0.25, 0.3) is 0 Å². The van der Waals surface area contributed by atoms with Gasteiger partial charge in [0, 0.05) is 5.92 Å². The average Bonchev–Trinajstić information content (AvgIpc) is 3.10. The number of hydrogen-bond acceptors (Lipinski definition) is 2. The van der Waals surface area contributed by atoms with Crippen molar-refractivity contribution >= 4 is 5.78 Å². The minimum atomic E-state index is 0.255.